The number of amides is 2. The molecule has 0 aromatic carbocycles. The zero-order valence-electron chi connectivity index (χ0n) is 14.6. The van der Waals surface area contributed by atoms with E-state index < -0.39 is 17.7 Å². The van der Waals surface area contributed by atoms with Crippen LogP contribution >= 0.6 is 27.3 Å². The minimum Gasteiger partial charge on any atom is -0.494 e. The predicted molar refractivity (Wildman–Crippen MR) is 94.5 cm³/mol. The number of thiophene rings is 1. The summed E-state index contributed by atoms with van der Waals surface area (Å²) in [5.41, 5.74) is -3.47. The lowest BCUT2D eigenvalue weighted by molar-refractivity contribution is -0.245. The van der Waals surface area contributed by atoms with Crippen LogP contribution < -0.4 is 15.4 Å². The molecule has 0 bridgehead atoms. The first kappa shape index (κ1) is 22.7. The van der Waals surface area contributed by atoms with Crippen LogP contribution in [0.2, 0.25) is 0 Å². The zero-order valence-corrected chi connectivity index (χ0v) is 17.0. The molecular formula is C15H20BrF3N2O4S. The van der Waals surface area contributed by atoms with Crippen LogP contribution in [0.25, 0.3) is 0 Å². The number of hydrogen-bond acceptors (Lipinski definition) is 5. The third-order valence-electron chi connectivity index (χ3n) is 3.60. The van der Waals surface area contributed by atoms with E-state index in [0.29, 0.717) is 22.0 Å². The van der Waals surface area contributed by atoms with Crippen LogP contribution in [-0.4, -0.2) is 48.9 Å². The molecule has 0 aliphatic carbocycles. The van der Waals surface area contributed by atoms with Crippen LogP contribution in [0.15, 0.2) is 4.47 Å². The number of ether oxygens (including phenoxy) is 1. The second-order valence-corrected chi connectivity index (χ2v) is 7.95. The minimum absolute atomic E-state index is 0.116. The first-order valence-electron chi connectivity index (χ1n) is 7.51. The molecule has 148 valence electrons. The van der Waals surface area contributed by atoms with Crippen molar-refractivity contribution >= 4 is 39.1 Å². The zero-order chi connectivity index (χ0) is 20.3. The highest BCUT2D eigenvalue weighted by Crippen LogP contribution is 2.39. The van der Waals surface area contributed by atoms with Crippen molar-refractivity contribution in [2.45, 2.75) is 32.5 Å². The van der Waals surface area contributed by atoms with E-state index in [4.69, 9.17) is 4.74 Å². The highest BCUT2D eigenvalue weighted by molar-refractivity contribution is 9.10. The molecule has 11 heteroatoms. The van der Waals surface area contributed by atoms with E-state index in [-0.39, 0.29) is 24.9 Å². The van der Waals surface area contributed by atoms with Gasteiger partial charge in [-0.1, -0.05) is 6.92 Å². The molecule has 0 saturated carbocycles. The van der Waals surface area contributed by atoms with Gasteiger partial charge in [0.15, 0.2) is 5.75 Å². The molecule has 0 fully saturated rings. The van der Waals surface area contributed by atoms with Gasteiger partial charge in [-0.15, -0.1) is 11.3 Å². The Morgan fingerprint density at radius 2 is 1.85 bits per heavy atom. The van der Waals surface area contributed by atoms with Crippen LogP contribution in [-0.2, 0) is 4.79 Å². The lowest BCUT2D eigenvalue weighted by Gasteiger charge is -2.25. The van der Waals surface area contributed by atoms with Crippen molar-refractivity contribution < 1.29 is 32.6 Å². The van der Waals surface area contributed by atoms with Crippen molar-refractivity contribution in [1.82, 2.24) is 10.6 Å². The van der Waals surface area contributed by atoms with Crippen LogP contribution in [0.4, 0.5) is 13.2 Å². The normalized spacial score (nSPS) is 15.1. The molecule has 2 atom stereocenters. The fourth-order valence-electron chi connectivity index (χ4n) is 1.82. The largest absolute Gasteiger partial charge is 0.494 e. The maximum atomic E-state index is 12.6. The van der Waals surface area contributed by atoms with Crippen LogP contribution in [0.3, 0.4) is 0 Å². The smallest absolute Gasteiger partial charge is 0.426 e. The van der Waals surface area contributed by atoms with Crippen LogP contribution in [0, 0.1) is 12.8 Å². The van der Waals surface area contributed by atoms with Gasteiger partial charge in [-0.2, -0.15) is 13.2 Å². The van der Waals surface area contributed by atoms with Gasteiger partial charge in [0.05, 0.1) is 11.6 Å². The van der Waals surface area contributed by atoms with Gasteiger partial charge in [0, 0.05) is 18.0 Å². The third kappa shape index (κ3) is 5.10. The van der Waals surface area contributed by atoms with Crippen LogP contribution in [0.1, 0.15) is 28.4 Å². The van der Waals surface area contributed by atoms with Crippen molar-refractivity contribution in [3.8, 4) is 5.75 Å². The number of carbonyl (C=O) groups excluding carboxylic acids is 2. The molecule has 1 aromatic heterocycles. The summed E-state index contributed by atoms with van der Waals surface area (Å²) in [6, 6.07) is 0. The molecule has 0 spiro atoms. The average Bonchev–Trinajstić information content (AvgIpc) is 2.83. The lowest BCUT2D eigenvalue weighted by Crippen LogP contribution is -2.55. The Hall–Kier alpha value is -1.33. The third-order valence-corrected chi connectivity index (χ3v) is 5.90. The van der Waals surface area contributed by atoms with E-state index in [1.165, 1.54) is 18.4 Å². The number of rotatable bonds is 7. The van der Waals surface area contributed by atoms with Crippen molar-refractivity contribution in [1.29, 1.82) is 0 Å². The minimum atomic E-state index is -5.07. The predicted octanol–water partition coefficient (Wildman–Crippen LogP) is 2.62. The fourth-order valence-corrected chi connectivity index (χ4v) is 3.49. The van der Waals surface area contributed by atoms with E-state index in [9.17, 15) is 27.9 Å². The van der Waals surface area contributed by atoms with Gasteiger partial charge in [0.1, 0.15) is 4.88 Å². The second kappa shape index (κ2) is 8.57. The number of nitrogens with one attached hydrogen (secondary N) is 2. The summed E-state index contributed by atoms with van der Waals surface area (Å²) < 4.78 is 43.6. The Morgan fingerprint density at radius 1 is 1.31 bits per heavy atom. The van der Waals surface area contributed by atoms with Gasteiger partial charge in [-0.05, 0) is 35.7 Å². The first-order valence-corrected chi connectivity index (χ1v) is 9.12. The van der Waals surface area contributed by atoms with E-state index in [2.05, 4.69) is 21.2 Å². The molecule has 0 saturated heterocycles. The molecule has 26 heavy (non-hydrogen) atoms. The topological polar surface area (TPSA) is 87.7 Å². The molecular weight excluding hydrogens is 441 g/mol. The van der Waals surface area contributed by atoms with Crippen molar-refractivity contribution in [3.05, 3.63) is 14.2 Å². The van der Waals surface area contributed by atoms with Crippen LogP contribution in [0.5, 0.6) is 5.75 Å². The Balaban J connectivity index is 2.58. The van der Waals surface area contributed by atoms with Gasteiger partial charge in [0.25, 0.3) is 11.8 Å². The molecule has 1 aromatic rings. The number of halogens is 4. The van der Waals surface area contributed by atoms with Crippen molar-refractivity contribution in [3.63, 3.8) is 0 Å². The molecule has 1 heterocycles. The fraction of sp³-hybridized carbons (Fsp3) is 0.600. The summed E-state index contributed by atoms with van der Waals surface area (Å²) in [5.74, 6) is -1.88. The van der Waals surface area contributed by atoms with E-state index in [1.54, 1.807) is 6.92 Å². The van der Waals surface area contributed by atoms with E-state index in [0.717, 1.165) is 4.88 Å². The Kier molecular flexibility index (Phi) is 7.49. The van der Waals surface area contributed by atoms with Gasteiger partial charge in [-0.3, -0.25) is 9.59 Å². The molecule has 6 nitrogen and oxygen atoms in total. The molecule has 0 radical (unpaired) electrons. The molecule has 0 aliphatic heterocycles. The van der Waals surface area contributed by atoms with Gasteiger partial charge >= 0.3 is 6.18 Å². The SMILES string of the molecule is COc1c(C(=O)NCC(C)CNC(=O)C(C)(O)C(F)(F)F)sc(C)c1Br. The highest BCUT2D eigenvalue weighted by atomic mass is 79.9. The average molecular weight is 461 g/mol. The Morgan fingerprint density at radius 3 is 2.35 bits per heavy atom. The number of aliphatic hydroxyl groups is 1. The summed E-state index contributed by atoms with van der Waals surface area (Å²) in [7, 11) is 1.44. The second-order valence-electron chi connectivity index (χ2n) is 5.93. The number of hydrogen-bond donors (Lipinski definition) is 3. The number of aryl methyl sites for hydroxylation is 1. The molecule has 2 amide bonds. The van der Waals surface area contributed by atoms with Gasteiger partial charge in [-0.25, -0.2) is 0 Å². The summed E-state index contributed by atoms with van der Waals surface area (Å²) in [6.45, 7) is 3.81. The summed E-state index contributed by atoms with van der Waals surface area (Å²) in [5, 5.41) is 13.9. The number of methoxy groups -OCH3 is 1. The highest BCUT2D eigenvalue weighted by Gasteiger charge is 2.55. The monoisotopic (exact) mass is 460 g/mol. The first-order chi connectivity index (χ1) is 11.8. The Bertz CT molecular complexity index is 677. The molecule has 3 N–H and O–H groups in total. The summed E-state index contributed by atoms with van der Waals surface area (Å²) in [4.78, 5) is 25.0. The van der Waals surface area contributed by atoms with Crippen molar-refractivity contribution in [2.75, 3.05) is 20.2 Å². The summed E-state index contributed by atoms with van der Waals surface area (Å²) in [6.07, 6.45) is -5.07. The molecule has 1 rings (SSSR count). The number of carbonyl (C=O) groups is 2. The Labute approximate surface area is 161 Å². The number of alkyl halides is 3. The summed E-state index contributed by atoms with van der Waals surface area (Å²) >= 11 is 4.57. The van der Waals surface area contributed by atoms with Gasteiger partial charge < -0.3 is 20.5 Å². The quantitative estimate of drug-likeness (QED) is 0.583. The maximum absolute atomic E-state index is 12.6. The van der Waals surface area contributed by atoms with E-state index >= 15 is 0 Å². The molecule has 2 unspecified atom stereocenters. The van der Waals surface area contributed by atoms with Crippen molar-refractivity contribution in [2.24, 2.45) is 5.92 Å². The van der Waals surface area contributed by atoms with Gasteiger partial charge in [0.2, 0.25) is 5.60 Å². The van der Waals surface area contributed by atoms with E-state index in [1.807, 2.05) is 12.2 Å². The lowest BCUT2D eigenvalue weighted by atomic mass is 10.1. The molecule has 0 aliphatic rings. The standard InChI is InChI=1S/C15H20BrF3N2O4S/c1-7(6-21-13(23)14(3,24)15(17,18)19)5-20-12(22)11-10(25-4)9(16)8(2)26-11/h7,24H,5-6H2,1-4H3,(H,20,22)(H,21,23). The maximum Gasteiger partial charge on any atom is 0.426 e.